The standard InChI is InChI=1S/C8H8N2O2S/c1-8-6(13-7(11)10-8)3-2-5(4-9)12-8/h2,6H,3H2,1H3,(H,10,11). The molecule has 1 saturated heterocycles. The molecule has 0 saturated carbocycles. The van der Waals surface area contributed by atoms with Crippen molar-refractivity contribution in [3.05, 3.63) is 11.8 Å². The summed E-state index contributed by atoms with van der Waals surface area (Å²) in [6, 6.07) is 1.93. The second-order valence-electron chi connectivity index (χ2n) is 3.14. The van der Waals surface area contributed by atoms with Gasteiger partial charge in [0.05, 0.1) is 5.25 Å². The average molecular weight is 196 g/mol. The molecule has 2 heterocycles. The van der Waals surface area contributed by atoms with Crippen molar-refractivity contribution >= 4 is 17.0 Å². The van der Waals surface area contributed by atoms with E-state index < -0.39 is 5.72 Å². The van der Waals surface area contributed by atoms with E-state index in [9.17, 15) is 4.79 Å². The largest absolute Gasteiger partial charge is 0.457 e. The van der Waals surface area contributed by atoms with Gasteiger partial charge < -0.3 is 10.1 Å². The van der Waals surface area contributed by atoms with E-state index in [0.29, 0.717) is 12.2 Å². The number of hydrogen-bond donors (Lipinski definition) is 1. The summed E-state index contributed by atoms with van der Waals surface area (Å²) in [5, 5.41) is 11.3. The number of carbonyl (C=O) groups excluding carboxylic acids is 1. The molecule has 5 heteroatoms. The third kappa shape index (κ3) is 1.27. The maximum absolute atomic E-state index is 11.1. The van der Waals surface area contributed by atoms with Gasteiger partial charge in [0.2, 0.25) is 0 Å². The zero-order chi connectivity index (χ0) is 9.47. The number of amides is 1. The summed E-state index contributed by atoms with van der Waals surface area (Å²) in [7, 11) is 0. The Hall–Kier alpha value is -1.15. The minimum absolute atomic E-state index is 0.0806. The topological polar surface area (TPSA) is 62.1 Å². The van der Waals surface area contributed by atoms with Gasteiger partial charge in [-0.15, -0.1) is 0 Å². The zero-order valence-corrected chi connectivity index (χ0v) is 7.85. The molecule has 2 atom stereocenters. The van der Waals surface area contributed by atoms with Gasteiger partial charge in [0.25, 0.3) is 5.24 Å². The number of thioether (sulfide) groups is 1. The highest BCUT2D eigenvalue weighted by molar-refractivity contribution is 8.14. The molecule has 0 radical (unpaired) electrons. The molecule has 1 amide bonds. The molecular weight excluding hydrogens is 188 g/mol. The van der Waals surface area contributed by atoms with Crippen molar-refractivity contribution < 1.29 is 9.53 Å². The van der Waals surface area contributed by atoms with Crippen LogP contribution in [-0.2, 0) is 4.74 Å². The lowest BCUT2D eigenvalue weighted by molar-refractivity contribution is 0.00219. The van der Waals surface area contributed by atoms with Gasteiger partial charge in [-0.2, -0.15) is 5.26 Å². The molecule has 2 aliphatic heterocycles. The third-order valence-electron chi connectivity index (χ3n) is 2.16. The van der Waals surface area contributed by atoms with Gasteiger partial charge in [-0.25, -0.2) is 0 Å². The van der Waals surface area contributed by atoms with E-state index in [4.69, 9.17) is 10.00 Å². The summed E-state index contributed by atoms with van der Waals surface area (Å²) in [5.74, 6) is 0.293. The number of nitrogens with one attached hydrogen (secondary N) is 1. The van der Waals surface area contributed by atoms with Crippen LogP contribution in [0.5, 0.6) is 0 Å². The van der Waals surface area contributed by atoms with Crippen LogP contribution in [0.15, 0.2) is 11.8 Å². The fraction of sp³-hybridized carbons (Fsp3) is 0.500. The Bertz CT molecular complexity index is 334. The third-order valence-corrected chi connectivity index (χ3v) is 3.41. The van der Waals surface area contributed by atoms with Gasteiger partial charge in [0, 0.05) is 0 Å². The molecule has 4 nitrogen and oxygen atoms in total. The first-order valence-corrected chi connectivity index (χ1v) is 4.80. The Balaban J connectivity index is 2.25. The number of nitrogens with zero attached hydrogens (tertiary/aromatic N) is 1. The molecule has 2 rings (SSSR count). The van der Waals surface area contributed by atoms with E-state index in [1.54, 1.807) is 13.0 Å². The molecule has 1 fully saturated rings. The molecule has 13 heavy (non-hydrogen) atoms. The Kier molecular flexibility index (Phi) is 1.74. The number of allylic oxidation sites excluding steroid dienone is 2. The molecule has 0 bridgehead atoms. The summed E-state index contributed by atoms with van der Waals surface area (Å²) in [4.78, 5) is 11.1. The minimum atomic E-state index is -0.693. The Morgan fingerprint density at radius 1 is 1.92 bits per heavy atom. The smallest absolute Gasteiger partial charge is 0.282 e. The second kappa shape index (κ2) is 2.67. The van der Waals surface area contributed by atoms with E-state index >= 15 is 0 Å². The van der Waals surface area contributed by atoms with Gasteiger partial charge in [0.15, 0.2) is 11.5 Å². The lowest BCUT2D eigenvalue weighted by Gasteiger charge is -2.32. The van der Waals surface area contributed by atoms with Crippen LogP contribution in [-0.4, -0.2) is 16.2 Å². The first-order valence-electron chi connectivity index (χ1n) is 3.92. The molecule has 0 aromatic heterocycles. The summed E-state index contributed by atoms with van der Waals surface area (Å²) >= 11 is 1.23. The van der Waals surface area contributed by atoms with Crippen LogP contribution < -0.4 is 5.32 Å². The summed E-state index contributed by atoms with van der Waals surface area (Å²) < 4.78 is 5.36. The minimum Gasteiger partial charge on any atom is -0.457 e. The molecule has 68 valence electrons. The Labute approximate surface area is 79.9 Å². The van der Waals surface area contributed by atoms with Crippen LogP contribution in [0.3, 0.4) is 0 Å². The van der Waals surface area contributed by atoms with Crippen molar-refractivity contribution in [1.29, 1.82) is 5.26 Å². The second-order valence-corrected chi connectivity index (χ2v) is 4.32. The Morgan fingerprint density at radius 3 is 3.38 bits per heavy atom. The van der Waals surface area contributed by atoms with Crippen molar-refractivity contribution in [3.8, 4) is 6.07 Å². The van der Waals surface area contributed by atoms with Crippen molar-refractivity contribution in [3.63, 3.8) is 0 Å². The highest BCUT2D eigenvalue weighted by atomic mass is 32.2. The predicted molar refractivity (Wildman–Crippen MR) is 47.7 cm³/mol. The number of nitriles is 1. The fourth-order valence-corrected chi connectivity index (χ4v) is 2.52. The van der Waals surface area contributed by atoms with Crippen LogP contribution in [0.25, 0.3) is 0 Å². The van der Waals surface area contributed by atoms with Crippen molar-refractivity contribution in [2.75, 3.05) is 0 Å². The number of fused-ring (bicyclic) bond motifs is 1. The molecular formula is C8H8N2O2S. The average Bonchev–Trinajstić information content (AvgIpc) is 2.37. The first kappa shape index (κ1) is 8.45. The van der Waals surface area contributed by atoms with Gasteiger partial charge in [0.1, 0.15) is 6.07 Å². The van der Waals surface area contributed by atoms with Crippen molar-refractivity contribution in [2.45, 2.75) is 24.3 Å². The van der Waals surface area contributed by atoms with E-state index in [-0.39, 0.29) is 10.5 Å². The molecule has 0 aromatic carbocycles. The molecule has 2 unspecified atom stereocenters. The lowest BCUT2D eigenvalue weighted by Crippen LogP contribution is -2.48. The quantitative estimate of drug-likeness (QED) is 0.635. The van der Waals surface area contributed by atoms with E-state index in [2.05, 4.69) is 5.32 Å². The van der Waals surface area contributed by atoms with Crippen LogP contribution >= 0.6 is 11.8 Å². The lowest BCUT2D eigenvalue weighted by atomic mass is 10.1. The first-order chi connectivity index (χ1) is 6.14. The van der Waals surface area contributed by atoms with Gasteiger partial charge >= 0.3 is 0 Å². The van der Waals surface area contributed by atoms with E-state index in [1.807, 2.05) is 6.07 Å². The van der Waals surface area contributed by atoms with Crippen LogP contribution in [0.2, 0.25) is 0 Å². The number of rotatable bonds is 0. The van der Waals surface area contributed by atoms with E-state index in [0.717, 1.165) is 0 Å². The molecule has 0 spiro atoms. The predicted octanol–water partition coefficient (Wildman–Crippen LogP) is 1.36. The highest BCUT2D eigenvalue weighted by Gasteiger charge is 2.47. The van der Waals surface area contributed by atoms with Gasteiger partial charge in [-0.1, -0.05) is 11.8 Å². The molecule has 1 N–H and O–H groups in total. The molecule has 0 aliphatic carbocycles. The van der Waals surface area contributed by atoms with Crippen molar-refractivity contribution in [2.24, 2.45) is 0 Å². The summed E-state index contributed by atoms with van der Waals surface area (Å²) in [5.41, 5.74) is -0.693. The normalized spacial score (nSPS) is 36.8. The Morgan fingerprint density at radius 2 is 2.69 bits per heavy atom. The van der Waals surface area contributed by atoms with Crippen LogP contribution in [0.1, 0.15) is 13.3 Å². The number of ether oxygens (including phenoxy) is 1. The fourth-order valence-electron chi connectivity index (χ4n) is 1.47. The van der Waals surface area contributed by atoms with E-state index in [1.165, 1.54) is 11.8 Å². The zero-order valence-electron chi connectivity index (χ0n) is 7.03. The number of hydrogen-bond acceptors (Lipinski definition) is 4. The summed E-state index contributed by atoms with van der Waals surface area (Å²) in [6.07, 6.45) is 2.42. The monoisotopic (exact) mass is 196 g/mol. The molecule has 2 aliphatic rings. The highest BCUT2D eigenvalue weighted by Crippen LogP contribution is 2.39. The van der Waals surface area contributed by atoms with Gasteiger partial charge in [-0.3, -0.25) is 4.79 Å². The van der Waals surface area contributed by atoms with Crippen LogP contribution in [0, 0.1) is 11.3 Å². The SMILES string of the molecule is CC12NC(=O)SC1CC=C(C#N)O2. The van der Waals surface area contributed by atoms with Crippen LogP contribution in [0.4, 0.5) is 4.79 Å². The maximum atomic E-state index is 11.1. The maximum Gasteiger partial charge on any atom is 0.282 e. The summed E-state index contributed by atoms with van der Waals surface area (Å²) in [6.45, 7) is 1.79. The number of carbonyl (C=O) groups is 1. The van der Waals surface area contributed by atoms with Gasteiger partial charge in [-0.05, 0) is 19.4 Å². The molecule has 0 aromatic rings. The van der Waals surface area contributed by atoms with Crippen molar-refractivity contribution in [1.82, 2.24) is 5.32 Å².